The molecule has 0 radical (unpaired) electrons. The largest absolute Gasteiger partial charge is 0.341 e. The normalized spacial score (nSPS) is 30.9. The maximum Gasteiger partial charge on any atom is 0.239 e. The lowest BCUT2D eigenvalue weighted by Gasteiger charge is -2.22. The van der Waals surface area contributed by atoms with Crippen molar-refractivity contribution in [3.63, 3.8) is 0 Å². The first-order chi connectivity index (χ1) is 7.58. The van der Waals surface area contributed by atoms with Gasteiger partial charge in [-0.25, -0.2) is 0 Å². The van der Waals surface area contributed by atoms with Crippen LogP contribution in [0, 0.1) is 17.8 Å². The van der Waals surface area contributed by atoms with E-state index < -0.39 is 0 Å². The standard InChI is InChI=1S/C13H24N2O/c1-9(2)6-12(14)13(16)15-7-10-4-3-5-11(10)8-15/h9-12H,3-8,14H2,1-2H3/t10?,11?,12-/m0/s1. The van der Waals surface area contributed by atoms with Crippen LogP contribution in [0.2, 0.25) is 0 Å². The Bertz CT molecular complexity index is 253. The first-order valence-corrected chi connectivity index (χ1v) is 6.62. The number of fused-ring (bicyclic) bond motifs is 1. The molecule has 0 aromatic carbocycles. The lowest BCUT2D eigenvalue weighted by atomic mass is 10.0. The summed E-state index contributed by atoms with van der Waals surface area (Å²) in [5, 5.41) is 0. The van der Waals surface area contributed by atoms with Crippen LogP contribution in [0.3, 0.4) is 0 Å². The van der Waals surface area contributed by atoms with Gasteiger partial charge < -0.3 is 10.6 Å². The van der Waals surface area contributed by atoms with Crippen molar-refractivity contribution in [1.82, 2.24) is 4.90 Å². The molecule has 3 heteroatoms. The molecule has 2 N–H and O–H groups in total. The molecular formula is C13H24N2O. The third-order valence-electron chi connectivity index (χ3n) is 4.08. The summed E-state index contributed by atoms with van der Waals surface area (Å²) in [6.07, 6.45) is 4.79. The topological polar surface area (TPSA) is 46.3 Å². The van der Waals surface area contributed by atoms with Gasteiger partial charge in [0.2, 0.25) is 5.91 Å². The van der Waals surface area contributed by atoms with E-state index in [4.69, 9.17) is 5.73 Å². The summed E-state index contributed by atoms with van der Waals surface area (Å²) >= 11 is 0. The van der Waals surface area contributed by atoms with E-state index >= 15 is 0 Å². The third-order valence-corrected chi connectivity index (χ3v) is 4.08. The van der Waals surface area contributed by atoms with Crippen LogP contribution in [0.1, 0.15) is 39.5 Å². The highest BCUT2D eigenvalue weighted by molar-refractivity contribution is 5.82. The molecule has 1 saturated carbocycles. The van der Waals surface area contributed by atoms with Crippen LogP contribution < -0.4 is 5.73 Å². The van der Waals surface area contributed by atoms with Crippen molar-refractivity contribution < 1.29 is 4.79 Å². The van der Waals surface area contributed by atoms with Gasteiger partial charge in [-0.2, -0.15) is 0 Å². The molecule has 3 nitrogen and oxygen atoms in total. The molecule has 2 rings (SSSR count). The minimum atomic E-state index is -0.279. The first-order valence-electron chi connectivity index (χ1n) is 6.62. The third kappa shape index (κ3) is 2.40. The molecule has 92 valence electrons. The maximum atomic E-state index is 12.1. The summed E-state index contributed by atoms with van der Waals surface area (Å²) in [7, 11) is 0. The zero-order valence-corrected chi connectivity index (χ0v) is 10.5. The fourth-order valence-corrected chi connectivity index (χ4v) is 3.26. The zero-order chi connectivity index (χ0) is 11.7. The van der Waals surface area contributed by atoms with Gasteiger partial charge in [-0.1, -0.05) is 20.3 Å². The monoisotopic (exact) mass is 224 g/mol. The van der Waals surface area contributed by atoms with Crippen LogP contribution in [0.4, 0.5) is 0 Å². The second kappa shape index (κ2) is 4.74. The average molecular weight is 224 g/mol. The predicted molar refractivity (Wildman–Crippen MR) is 64.8 cm³/mol. The van der Waals surface area contributed by atoms with E-state index in [1.54, 1.807) is 0 Å². The molecule has 1 amide bonds. The highest BCUT2D eigenvalue weighted by Gasteiger charge is 2.39. The number of nitrogens with zero attached hydrogens (tertiary/aromatic N) is 1. The molecule has 0 aromatic rings. The van der Waals surface area contributed by atoms with E-state index in [9.17, 15) is 4.79 Å². The Hall–Kier alpha value is -0.570. The van der Waals surface area contributed by atoms with E-state index in [1.807, 2.05) is 4.90 Å². The Kier molecular flexibility index (Phi) is 3.53. The number of carbonyl (C=O) groups excluding carboxylic acids is 1. The molecule has 1 aliphatic carbocycles. The SMILES string of the molecule is CC(C)C[C@H](N)C(=O)N1CC2CCCC2C1. The van der Waals surface area contributed by atoms with E-state index in [2.05, 4.69) is 13.8 Å². The Morgan fingerprint density at radius 1 is 1.31 bits per heavy atom. The van der Waals surface area contributed by atoms with Crippen molar-refractivity contribution in [2.75, 3.05) is 13.1 Å². The fraction of sp³-hybridized carbons (Fsp3) is 0.923. The molecule has 3 atom stereocenters. The highest BCUT2D eigenvalue weighted by atomic mass is 16.2. The van der Waals surface area contributed by atoms with Gasteiger partial charge >= 0.3 is 0 Å². The van der Waals surface area contributed by atoms with Crippen molar-refractivity contribution >= 4 is 5.91 Å². The Balaban J connectivity index is 1.86. The summed E-state index contributed by atoms with van der Waals surface area (Å²) < 4.78 is 0. The summed E-state index contributed by atoms with van der Waals surface area (Å²) in [4.78, 5) is 14.1. The van der Waals surface area contributed by atoms with E-state index in [0.717, 1.165) is 31.3 Å². The highest BCUT2D eigenvalue weighted by Crippen LogP contribution is 2.37. The molecule has 0 spiro atoms. The van der Waals surface area contributed by atoms with Crippen LogP contribution >= 0.6 is 0 Å². The predicted octanol–water partition coefficient (Wildman–Crippen LogP) is 1.62. The summed E-state index contributed by atoms with van der Waals surface area (Å²) in [5.41, 5.74) is 5.96. The number of hydrogen-bond acceptors (Lipinski definition) is 2. The summed E-state index contributed by atoms with van der Waals surface area (Å²) in [6.45, 7) is 6.17. The van der Waals surface area contributed by atoms with Gasteiger partial charge in [-0.15, -0.1) is 0 Å². The molecule has 1 heterocycles. The van der Waals surface area contributed by atoms with Crippen molar-refractivity contribution in [1.29, 1.82) is 0 Å². The fourth-order valence-electron chi connectivity index (χ4n) is 3.26. The number of hydrogen-bond donors (Lipinski definition) is 1. The van der Waals surface area contributed by atoms with Crippen molar-refractivity contribution in [2.24, 2.45) is 23.5 Å². The first kappa shape index (κ1) is 11.9. The van der Waals surface area contributed by atoms with Gasteiger partial charge in [0.25, 0.3) is 0 Å². The summed E-state index contributed by atoms with van der Waals surface area (Å²) in [6, 6.07) is -0.279. The van der Waals surface area contributed by atoms with Crippen molar-refractivity contribution in [2.45, 2.75) is 45.6 Å². The molecule has 0 aromatic heterocycles. The molecular weight excluding hydrogens is 200 g/mol. The second-order valence-corrected chi connectivity index (χ2v) is 5.93. The van der Waals surface area contributed by atoms with E-state index in [-0.39, 0.29) is 11.9 Å². The van der Waals surface area contributed by atoms with Gasteiger partial charge in [0, 0.05) is 13.1 Å². The number of carbonyl (C=O) groups is 1. The van der Waals surface area contributed by atoms with Crippen LogP contribution in [0.15, 0.2) is 0 Å². The Morgan fingerprint density at radius 3 is 2.38 bits per heavy atom. The molecule has 16 heavy (non-hydrogen) atoms. The van der Waals surface area contributed by atoms with Crippen molar-refractivity contribution in [3.8, 4) is 0 Å². The molecule has 2 unspecified atom stereocenters. The van der Waals surface area contributed by atoms with Crippen LogP contribution in [0.5, 0.6) is 0 Å². The maximum absolute atomic E-state index is 12.1. The van der Waals surface area contributed by atoms with Crippen molar-refractivity contribution in [3.05, 3.63) is 0 Å². The van der Waals surface area contributed by atoms with Gasteiger partial charge in [-0.05, 0) is 37.0 Å². The van der Waals surface area contributed by atoms with Gasteiger partial charge in [0.05, 0.1) is 6.04 Å². The molecule has 0 bridgehead atoms. The average Bonchev–Trinajstić information content (AvgIpc) is 2.74. The minimum absolute atomic E-state index is 0.183. The van der Waals surface area contributed by atoms with Gasteiger partial charge in [0.1, 0.15) is 0 Å². The number of rotatable bonds is 3. The van der Waals surface area contributed by atoms with Gasteiger partial charge in [-0.3, -0.25) is 4.79 Å². The summed E-state index contributed by atoms with van der Waals surface area (Å²) in [5.74, 6) is 2.23. The lowest BCUT2D eigenvalue weighted by Crippen LogP contribution is -2.43. The second-order valence-electron chi connectivity index (χ2n) is 5.93. The van der Waals surface area contributed by atoms with E-state index in [0.29, 0.717) is 5.92 Å². The number of amides is 1. The van der Waals surface area contributed by atoms with Crippen LogP contribution in [-0.2, 0) is 4.79 Å². The molecule has 2 aliphatic rings. The molecule has 1 saturated heterocycles. The minimum Gasteiger partial charge on any atom is -0.341 e. The number of likely N-dealkylation sites (tertiary alicyclic amines) is 1. The smallest absolute Gasteiger partial charge is 0.239 e. The van der Waals surface area contributed by atoms with Crippen LogP contribution in [-0.4, -0.2) is 29.9 Å². The lowest BCUT2D eigenvalue weighted by molar-refractivity contribution is -0.132. The van der Waals surface area contributed by atoms with E-state index in [1.165, 1.54) is 19.3 Å². The molecule has 2 fully saturated rings. The van der Waals surface area contributed by atoms with Crippen LogP contribution in [0.25, 0.3) is 0 Å². The quantitative estimate of drug-likeness (QED) is 0.792. The Morgan fingerprint density at radius 2 is 1.88 bits per heavy atom. The zero-order valence-electron chi connectivity index (χ0n) is 10.5. The molecule has 1 aliphatic heterocycles. The number of nitrogens with two attached hydrogens (primary N) is 1. The Labute approximate surface area is 98.4 Å². The van der Waals surface area contributed by atoms with Gasteiger partial charge in [0.15, 0.2) is 0 Å².